The lowest BCUT2D eigenvalue weighted by molar-refractivity contribution is -0.116. The minimum atomic E-state index is 0.310. The summed E-state index contributed by atoms with van der Waals surface area (Å²) in [7, 11) is 0. The average molecular weight is 172 g/mol. The number of ketones is 1. The van der Waals surface area contributed by atoms with Gasteiger partial charge in [0.05, 0.1) is 0 Å². The molecule has 1 saturated carbocycles. The summed E-state index contributed by atoms with van der Waals surface area (Å²) in [6.07, 6.45) is 13.5. The third-order valence-corrected chi connectivity index (χ3v) is 3.45. The van der Waals surface area contributed by atoms with Crippen molar-refractivity contribution in [1.82, 2.24) is 0 Å². The topological polar surface area (TPSA) is 17.1 Å². The monoisotopic (exact) mass is 172 g/mol. The molecule has 1 heteroatoms. The van der Waals surface area contributed by atoms with Gasteiger partial charge in [0.2, 0.25) is 0 Å². The number of fused-ring (bicyclic) bond motifs is 1. The summed E-state index contributed by atoms with van der Waals surface area (Å²) in [5.74, 6) is 2.41. The van der Waals surface area contributed by atoms with Crippen molar-refractivity contribution < 1.29 is 4.79 Å². The van der Waals surface area contributed by atoms with Gasteiger partial charge in [-0.2, -0.15) is 0 Å². The lowest BCUT2D eigenvalue weighted by Crippen LogP contribution is -2.01. The molecule has 0 N–H and O–H groups in total. The van der Waals surface area contributed by atoms with Gasteiger partial charge in [-0.25, -0.2) is 0 Å². The molecule has 1 nitrogen and oxygen atoms in total. The fourth-order valence-electron chi connectivity index (χ4n) is 2.75. The molecule has 0 bridgehead atoms. The second-order valence-corrected chi connectivity index (χ2v) is 4.15. The number of hydrogen-bond acceptors (Lipinski definition) is 1. The van der Waals surface area contributed by atoms with Crippen LogP contribution in [0.15, 0.2) is 36.5 Å². The van der Waals surface area contributed by atoms with Crippen molar-refractivity contribution in [2.45, 2.75) is 6.42 Å². The summed E-state index contributed by atoms with van der Waals surface area (Å²) in [5.41, 5.74) is 0. The molecule has 0 amide bonds. The Bertz CT molecular complexity index is 333. The Labute approximate surface area is 77.8 Å². The molecule has 4 atom stereocenters. The standard InChI is InChI=1S/C12H12O/c13-10-7-3-5-8-4-1-2-6-9-11(8)12(9)10/h1-4,6-9,11-12H,5H2. The van der Waals surface area contributed by atoms with Crippen LogP contribution in [0.5, 0.6) is 0 Å². The van der Waals surface area contributed by atoms with E-state index in [1.165, 1.54) is 0 Å². The van der Waals surface area contributed by atoms with Crippen LogP contribution in [0.2, 0.25) is 0 Å². The minimum Gasteiger partial charge on any atom is -0.295 e. The van der Waals surface area contributed by atoms with Gasteiger partial charge in [-0.1, -0.05) is 30.4 Å². The summed E-state index contributed by atoms with van der Waals surface area (Å²) < 4.78 is 0. The Hall–Kier alpha value is -1.11. The van der Waals surface area contributed by atoms with E-state index in [-0.39, 0.29) is 0 Å². The first-order chi connectivity index (χ1) is 6.38. The Kier molecular flexibility index (Phi) is 1.37. The lowest BCUT2D eigenvalue weighted by atomic mass is 9.98. The molecule has 3 aliphatic carbocycles. The molecule has 3 aliphatic rings. The van der Waals surface area contributed by atoms with Crippen LogP contribution in [-0.4, -0.2) is 5.78 Å². The number of hydrogen-bond donors (Lipinski definition) is 0. The van der Waals surface area contributed by atoms with Crippen LogP contribution < -0.4 is 0 Å². The first-order valence-electron chi connectivity index (χ1n) is 4.93. The molecular formula is C12H12O. The maximum absolute atomic E-state index is 11.6. The van der Waals surface area contributed by atoms with Gasteiger partial charge in [-0.05, 0) is 30.3 Å². The van der Waals surface area contributed by atoms with Gasteiger partial charge in [-0.15, -0.1) is 0 Å². The van der Waals surface area contributed by atoms with Gasteiger partial charge in [0, 0.05) is 5.92 Å². The molecule has 0 aromatic carbocycles. The number of carbonyl (C=O) groups is 1. The zero-order valence-electron chi connectivity index (χ0n) is 7.39. The van der Waals surface area contributed by atoms with Crippen molar-refractivity contribution in [2.75, 3.05) is 0 Å². The summed E-state index contributed by atoms with van der Waals surface area (Å²) >= 11 is 0. The molecule has 0 aromatic rings. The highest BCUT2D eigenvalue weighted by Crippen LogP contribution is 2.55. The van der Waals surface area contributed by atoms with Crippen molar-refractivity contribution in [3.63, 3.8) is 0 Å². The van der Waals surface area contributed by atoms with E-state index in [9.17, 15) is 4.79 Å². The molecular weight excluding hydrogens is 160 g/mol. The van der Waals surface area contributed by atoms with Crippen molar-refractivity contribution in [2.24, 2.45) is 23.7 Å². The first-order valence-corrected chi connectivity index (χ1v) is 4.93. The van der Waals surface area contributed by atoms with Crippen LogP contribution in [0.1, 0.15) is 6.42 Å². The van der Waals surface area contributed by atoms with Gasteiger partial charge in [0.1, 0.15) is 0 Å². The second kappa shape index (κ2) is 2.44. The Morgan fingerprint density at radius 2 is 2.08 bits per heavy atom. The SMILES string of the molecule is O=C1C=CCC2C=CC=CC3C1C23. The Morgan fingerprint density at radius 3 is 3.00 bits per heavy atom. The molecule has 0 heterocycles. The maximum Gasteiger partial charge on any atom is 0.159 e. The van der Waals surface area contributed by atoms with Crippen LogP contribution in [0, 0.1) is 23.7 Å². The van der Waals surface area contributed by atoms with E-state index < -0.39 is 0 Å². The van der Waals surface area contributed by atoms with E-state index in [0.717, 1.165) is 6.42 Å². The van der Waals surface area contributed by atoms with Crippen molar-refractivity contribution >= 4 is 5.78 Å². The normalized spacial score (nSPS) is 45.4. The summed E-state index contributed by atoms with van der Waals surface area (Å²) in [6.45, 7) is 0. The third kappa shape index (κ3) is 0.963. The first kappa shape index (κ1) is 7.31. The van der Waals surface area contributed by atoms with Crippen molar-refractivity contribution in [3.8, 4) is 0 Å². The fraction of sp³-hybridized carbons (Fsp3) is 0.417. The van der Waals surface area contributed by atoms with Crippen LogP contribution in [-0.2, 0) is 4.79 Å². The van der Waals surface area contributed by atoms with Gasteiger partial charge in [0.15, 0.2) is 5.78 Å². The summed E-state index contributed by atoms with van der Waals surface area (Å²) in [4.78, 5) is 11.6. The van der Waals surface area contributed by atoms with Gasteiger partial charge in [0.25, 0.3) is 0 Å². The fourth-order valence-corrected chi connectivity index (χ4v) is 2.75. The molecule has 66 valence electrons. The highest BCUT2D eigenvalue weighted by atomic mass is 16.1. The zero-order valence-corrected chi connectivity index (χ0v) is 7.39. The quantitative estimate of drug-likeness (QED) is 0.547. The predicted octanol–water partition coefficient (Wildman–Crippen LogP) is 2.12. The number of rotatable bonds is 0. The number of allylic oxidation sites excluding steroid dienone is 6. The van der Waals surface area contributed by atoms with E-state index >= 15 is 0 Å². The van der Waals surface area contributed by atoms with E-state index in [1.54, 1.807) is 6.08 Å². The summed E-state index contributed by atoms with van der Waals surface area (Å²) in [6, 6.07) is 0. The van der Waals surface area contributed by atoms with Gasteiger partial charge in [-0.3, -0.25) is 4.79 Å². The van der Waals surface area contributed by atoms with Crippen LogP contribution in [0.3, 0.4) is 0 Å². The molecule has 13 heavy (non-hydrogen) atoms. The van der Waals surface area contributed by atoms with E-state index in [2.05, 4.69) is 24.3 Å². The molecule has 0 saturated heterocycles. The van der Waals surface area contributed by atoms with Crippen LogP contribution >= 0.6 is 0 Å². The van der Waals surface area contributed by atoms with Gasteiger partial charge < -0.3 is 0 Å². The van der Waals surface area contributed by atoms with Crippen molar-refractivity contribution in [1.29, 1.82) is 0 Å². The van der Waals surface area contributed by atoms with E-state index in [0.29, 0.717) is 29.5 Å². The lowest BCUT2D eigenvalue weighted by Gasteiger charge is -2.06. The van der Waals surface area contributed by atoms with E-state index in [1.807, 2.05) is 6.08 Å². The van der Waals surface area contributed by atoms with Crippen LogP contribution in [0.25, 0.3) is 0 Å². The molecule has 0 aromatic heterocycles. The molecule has 1 fully saturated rings. The summed E-state index contributed by atoms with van der Waals surface area (Å²) in [5, 5.41) is 0. The molecule has 0 spiro atoms. The second-order valence-electron chi connectivity index (χ2n) is 4.15. The Morgan fingerprint density at radius 1 is 1.23 bits per heavy atom. The zero-order chi connectivity index (χ0) is 8.84. The average Bonchev–Trinajstić information content (AvgIpc) is 2.81. The largest absolute Gasteiger partial charge is 0.295 e. The minimum absolute atomic E-state index is 0.310. The predicted molar refractivity (Wildman–Crippen MR) is 51.0 cm³/mol. The third-order valence-electron chi connectivity index (χ3n) is 3.45. The molecule has 3 rings (SSSR count). The molecule has 0 aliphatic heterocycles. The Balaban J connectivity index is 1.99. The number of carbonyl (C=O) groups excluding carboxylic acids is 1. The molecule has 4 unspecified atom stereocenters. The highest BCUT2D eigenvalue weighted by Gasteiger charge is 2.55. The highest BCUT2D eigenvalue weighted by molar-refractivity contribution is 5.95. The van der Waals surface area contributed by atoms with Crippen molar-refractivity contribution in [3.05, 3.63) is 36.5 Å². The molecule has 0 radical (unpaired) electrons. The maximum atomic E-state index is 11.6. The smallest absolute Gasteiger partial charge is 0.159 e. The van der Waals surface area contributed by atoms with Gasteiger partial charge >= 0.3 is 0 Å². The van der Waals surface area contributed by atoms with E-state index in [4.69, 9.17) is 0 Å². The van der Waals surface area contributed by atoms with Crippen LogP contribution in [0.4, 0.5) is 0 Å².